The number of amides is 1. The lowest BCUT2D eigenvalue weighted by atomic mass is 10.2. The van der Waals surface area contributed by atoms with Crippen LogP contribution >= 0.6 is 11.3 Å². The Balaban J connectivity index is 2.76. The molecule has 1 aromatic heterocycles. The summed E-state index contributed by atoms with van der Waals surface area (Å²) in [4.78, 5) is 18.2. The van der Waals surface area contributed by atoms with Crippen molar-refractivity contribution >= 4 is 17.2 Å². The second-order valence-corrected chi connectivity index (χ2v) is 4.37. The number of aliphatic hydroxyl groups is 1. The quantitative estimate of drug-likeness (QED) is 0.841. The first-order chi connectivity index (χ1) is 7.06. The molecule has 1 atom stereocenters. The number of likely N-dealkylation sites (N-methyl/N-ethyl adjacent to an activating group) is 1. The number of rotatable bonds is 4. The highest BCUT2D eigenvalue weighted by molar-refractivity contribution is 7.11. The molecule has 84 valence electrons. The second-order valence-electron chi connectivity index (χ2n) is 3.52. The largest absolute Gasteiger partial charge is 0.392 e. The van der Waals surface area contributed by atoms with Gasteiger partial charge in [-0.25, -0.2) is 4.98 Å². The van der Waals surface area contributed by atoms with Crippen molar-refractivity contribution in [1.82, 2.24) is 9.88 Å². The summed E-state index contributed by atoms with van der Waals surface area (Å²) in [7, 11) is 1.69. The zero-order chi connectivity index (χ0) is 11.4. The summed E-state index contributed by atoms with van der Waals surface area (Å²) in [5, 5.41) is 9.19. The number of carbonyl (C=O) groups excluding carboxylic acids is 1. The molecule has 1 amide bonds. The Hall–Kier alpha value is -0.940. The topological polar surface area (TPSA) is 53.4 Å². The average Bonchev–Trinajstić information content (AvgIpc) is 2.62. The van der Waals surface area contributed by atoms with Gasteiger partial charge in [-0.05, 0) is 13.3 Å². The molecule has 1 rings (SSSR count). The smallest absolute Gasteiger partial charge is 0.265 e. The van der Waals surface area contributed by atoms with E-state index in [9.17, 15) is 9.90 Å². The third-order valence-corrected chi connectivity index (χ3v) is 2.91. The van der Waals surface area contributed by atoms with Gasteiger partial charge in [0.1, 0.15) is 4.88 Å². The van der Waals surface area contributed by atoms with Crippen molar-refractivity contribution in [2.24, 2.45) is 0 Å². The molecule has 4 nitrogen and oxygen atoms in total. The molecule has 0 bridgehead atoms. The molecule has 0 radical (unpaired) electrons. The van der Waals surface area contributed by atoms with Crippen LogP contribution in [0.25, 0.3) is 0 Å². The normalized spacial score (nSPS) is 12.5. The van der Waals surface area contributed by atoms with Crippen LogP contribution in [0.15, 0.2) is 5.51 Å². The van der Waals surface area contributed by atoms with Crippen molar-refractivity contribution in [2.75, 3.05) is 13.6 Å². The molecule has 0 fully saturated rings. The molecule has 15 heavy (non-hydrogen) atoms. The lowest BCUT2D eigenvalue weighted by molar-refractivity contribution is 0.0707. The van der Waals surface area contributed by atoms with Gasteiger partial charge in [-0.3, -0.25) is 4.79 Å². The van der Waals surface area contributed by atoms with Gasteiger partial charge >= 0.3 is 0 Å². The van der Waals surface area contributed by atoms with Gasteiger partial charge in [0.05, 0.1) is 17.3 Å². The van der Waals surface area contributed by atoms with E-state index in [0.717, 1.165) is 12.1 Å². The fraction of sp³-hybridized carbons (Fsp3) is 0.600. The van der Waals surface area contributed by atoms with Gasteiger partial charge in [-0.15, -0.1) is 11.3 Å². The van der Waals surface area contributed by atoms with E-state index >= 15 is 0 Å². The van der Waals surface area contributed by atoms with Crippen LogP contribution < -0.4 is 0 Å². The van der Waals surface area contributed by atoms with Gasteiger partial charge in [-0.2, -0.15) is 0 Å². The second kappa shape index (κ2) is 5.23. The predicted octanol–water partition coefficient (Wildman–Crippen LogP) is 1.16. The van der Waals surface area contributed by atoms with Crippen LogP contribution in [0.3, 0.4) is 0 Å². The lowest BCUT2D eigenvalue weighted by Gasteiger charge is -2.18. The van der Waals surface area contributed by atoms with Crippen LogP contribution in [-0.4, -0.2) is 40.6 Å². The Bertz CT molecular complexity index is 336. The van der Waals surface area contributed by atoms with E-state index in [0.29, 0.717) is 11.4 Å². The van der Waals surface area contributed by atoms with E-state index in [-0.39, 0.29) is 5.91 Å². The molecule has 0 aliphatic heterocycles. The van der Waals surface area contributed by atoms with E-state index in [2.05, 4.69) is 4.98 Å². The van der Waals surface area contributed by atoms with Gasteiger partial charge < -0.3 is 10.0 Å². The minimum atomic E-state index is -0.503. The predicted molar refractivity (Wildman–Crippen MR) is 60.1 cm³/mol. The van der Waals surface area contributed by atoms with E-state index in [1.807, 2.05) is 6.92 Å². The SMILES string of the molecule is CCc1ncsc1C(=O)N(C)CC(C)O. The molecule has 0 spiro atoms. The maximum Gasteiger partial charge on any atom is 0.265 e. The Morgan fingerprint density at radius 2 is 2.40 bits per heavy atom. The van der Waals surface area contributed by atoms with Crippen molar-refractivity contribution in [3.63, 3.8) is 0 Å². The van der Waals surface area contributed by atoms with Gasteiger partial charge in [0.15, 0.2) is 0 Å². The first-order valence-corrected chi connectivity index (χ1v) is 5.80. The number of nitrogens with zero attached hydrogens (tertiary/aromatic N) is 2. The Morgan fingerprint density at radius 3 is 2.93 bits per heavy atom. The summed E-state index contributed by atoms with van der Waals surface area (Å²) in [5.74, 6) is -0.0600. The van der Waals surface area contributed by atoms with Crippen molar-refractivity contribution in [2.45, 2.75) is 26.4 Å². The van der Waals surface area contributed by atoms with E-state index in [1.54, 1.807) is 19.5 Å². The van der Waals surface area contributed by atoms with E-state index < -0.39 is 6.10 Å². The summed E-state index contributed by atoms with van der Waals surface area (Å²) in [5.41, 5.74) is 2.52. The number of thiazole rings is 1. The van der Waals surface area contributed by atoms with Gasteiger partial charge in [0.25, 0.3) is 5.91 Å². The molecule has 0 aromatic carbocycles. The van der Waals surface area contributed by atoms with Crippen molar-refractivity contribution in [3.8, 4) is 0 Å². The first-order valence-electron chi connectivity index (χ1n) is 4.92. The maximum absolute atomic E-state index is 11.9. The molecule has 1 heterocycles. The third-order valence-electron chi connectivity index (χ3n) is 2.06. The molecule has 1 aromatic rings. The molecular weight excluding hydrogens is 212 g/mol. The van der Waals surface area contributed by atoms with E-state index in [4.69, 9.17) is 0 Å². The fourth-order valence-electron chi connectivity index (χ4n) is 1.35. The first kappa shape index (κ1) is 12.1. The standard InChI is InChI=1S/C10H16N2O2S/c1-4-8-9(15-6-11-8)10(14)12(3)5-7(2)13/h6-7,13H,4-5H2,1-3H3. The number of aromatic nitrogens is 1. The van der Waals surface area contributed by atoms with Crippen LogP contribution in [0.4, 0.5) is 0 Å². The van der Waals surface area contributed by atoms with Gasteiger partial charge in [0.2, 0.25) is 0 Å². The number of aryl methyl sites for hydroxylation is 1. The molecule has 0 saturated carbocycles. The number of hydrogen-bond donors (Lipinski definition) is 1. The molecule has 0 saturated heterocycles. The molecule has 1 N–H and O–H groups in total. The highest BCUT2D eigenvalue weighted by Crippen LogP contribution is 2.16. The summed E-state index contributed by atoms with van der Waals surface area (Å²) in [6.07, 6.45) is 0.254. The lowest BCUT2D eigenvalue weighted by Crippen LogP contribution is -2.33. The molecule has 1 unspecified atom stereocenters. The number of hydrogen-bond acceptors (Lipinski definition) is 4. The molecular formula is C10H16N2O2S. The number of carbonyl (C=O) groups is 1. The minimum Gasteiger partial charge on any atom is -0.392 e. The highest BCUT2D eigenvalue weighted by atomic mass is 32.1. The van der Waals surface area contributed by atoms with Crippen molar-refractivity contribution < 1.29 is 9.90 Å². The van der Waals surface area contributed by atoms with Gasteiger partial charge in [0, 0.05) is 13.6 Å². The Kier molecular flexibility index (Phi) is 4.23. The third kappa shape index (κ3) is 3.00. The van der Waals surface area contributed by atoms with E-state index in [1.165, 1.54) is 16.2 Å². The Labute approximate surface area is 93.6 Å². The van der Waals surface area contributed by atoms with Crippen LogP contribution in [0, 0.1) is 0 Å². The molecule has 0 aliphatic rings. The van der Waals surface area contributed by atoms with Crippen molar-refractivity contribution in [3.05, 3.63) is 16.1 Å². The highest BCUT2D eigenvalue weighted by Gasteiger charge is 2.18. The van der Waals surface area contributed by atoms with Crippen LogP contribution in [-0.2, 0) is 6.42 Å². The maximum atomic E-state index is 11.9. The van der Waals surface area contributed by atoms with Crippen LogP contribution in [0.2, 0.25) is 0 Å². The summed E-state index contributed by atoms with van der Waals surface area (Å²) in [6, 6.07) is 0. The summed E-state index contributed by atoms with van der Waals surface area (Å²) in [6.45, 7) is 3.98. The fourth-order valence-corrected chi connectivity index (χ4v) is 2.22. The zero-order valence-corrected chi connectivity index (χ0v) is 10.0. The average molecular weight is 228 g/mol. The van der Waals surface area contributed by atoms with Crippen molar-refractivity contribution in [1.29, 1.82) is 0 Å². The van der Waals surface area contributed by atoms with Crippen LogP contribution in [0.1, 0.15) is 29.2 Å². The monoisotopic (exact) mass is 228 g/mol. The summed E-state index contributed by atoms with van der Waals surface area (Å²) < 4.78 is 0. The minimum absolute atomic E-state index is 0.0600. The Morgan fingerprint density at radius 1 is 1.73 bits per heavy atom. The van der Waals surface area contributed by atoms with Gasteiger partial charge in [-0.1, -0.05) is 6.92 Å². The molecule has 0 aliphatic carbocycles. The molecule has 5 heteroatoms. The zero-order valence-electron chi connectivity index (χ0n) is 9.23. The summed E-state index contributed by atoms with van der Waals surface area (Å²) >= 11 is 1.35. The number of aliphatic hydroxyl groups excluding tert-OH is 1. The van der Waals surface area contributed by atoms with Crippen LogP contribution in [0.5, 0.6) is 0 Å².